The van der Waals surface area contributed by atoms with Crippen molar-refractivity contribution in [1.82, 2.24) is 4.98 Å². The summed E-state index contributed by atoms with van der Waals surface area (Å²) >= 11 is 0. The molecule has 0 atom stereocenters. The second kappa shape index (κ2) is 3.70. The summed E-state index contributed by atoms with van der Waals surface area (Å²) in [5.41, 5.74) is 1.20. The second-order valence-electron chi connectivity index (χ2n) is 3.48. The van der Waals surface area contributed by atoms with E-state index >= 15 is 0 Å². The molecule has 2 rings (SSSR count). The lowest BCUT2D eigenvalue weighted by Crippen LogP contribution is -2.10. The van der Waals surface area contributed by atoms with Crippen LogP contribution in [0.5, 0.6) is 5.75 Å². The Kier molecular flexibility index (Phi) is 2.37. The van der Waals surface area contributed by atoms with E-state index in [1.165, 1.54) is 7.11 Å². The maximum atomic E-state index is 12.0. The Bertz CT molecular complexity index is 650. The molecule has 0 aliphatic carbocycles. The average molecular weight is 214 g/mol. The van der Waals surface area contributed by atoms with Crippen molar-refractivity contribution in [3.05, 3.63) is 39.7 Å². The van der Waals surface area contributed by atoms with Gasteiger partial charge in [0.1, 0.15) is 17.4 Å². The van der Waals surface area contributed by atoms with Crippen LogP contribution in [0.15, 0.2) is 23.0 Å². The third-order valence-corrected chi connectivity index (χ3v) is 2.51. The number of fused-ring (bicyclic) bond motifs is 1. The van der Waals surface area contributed by atoms with Crippen molar-refractivity contribution in [3.8, 4) is 11.8 Å². The average Bonchev–Trinajstić information content (AvgIpc) is 2.29. The van der Waals surface area contributed by atoms with Crippen LogP contribution >= 0.6 is 0 Å². The van der Waals surface area contributed by atoms with Gasteiger partial charge >= 0.3 is 0 Å². The summed E-state index contributed by atoms with van der Waals surface area (Å²) in [6, 6.07) is 7.08. The number of nitrogens with one attached hydrogen (secondary N) is 1. The zero-order chi connectivity index (χ0) is 11.7. The second-order valence-corrected chi connectivity index (χ2v) is 3.48. The molecule has 1 aromatic carbocycles. The Balaban J connectivity index is 2.91. The number of aryl methyl sites for hydroxylation is 1. The molecule has 4 nitrogen and oxygen atoms in total. The van der Waals surface area contributed by atoms with E-state index in [-0.39, 0.29) is 11.0 Å². The number of aromatic nitrogens is 1. The molecule has 16 heavy (non-hydrogen) atoms. The van der Waals surface area contributed by atoms with Gasteiger partial charge in [-0.1, -0.05) is 0 Å². The summed E-state index contributed by atoms with van der Waals surface area (Å²) in [4.78, 5) is 15.0. The van der Waals surface area contributed by atoms with Crippen LogP contribution in [-0.2, 0) is 0 Å². The van der Waals surface area contributed by atoms with Gasteiger partial charge in [0.25, 0.3) is 0 Å². The lowest BCUT2D eigenvalue weighted by atomic mass is 10.1. The highest BCUT2D eigenvalue weighted by atomic mass is 16.5. The number of rotatable bonds is 1. The van der Waals surface area contributed by atoms with Gasteiger partial charge in [0.05, 0.1) is 12.5 Å². The molecule has 0 amide bonds. The molecule has 0 aliphatic heterocycles. The molecule has 0 saturated heterocycles. The van der Waals surface area contributed by atoms with Gasteiger partial charge in [-0.2, -0.15) is 5.26 Å². The first-order valence-electron chi connectivity index (χ1n) is 4.78. The molecule has 1 heterocycles. The molecule has 4 heteroatoms. The Morgan fingerprint density at radius 2 is 2.19 bits per heavy atom. The van der Waals surface area contributed by atoms with Gasteiger partial charge in [-0.3, -0.25) is 4.79 Å². The largest absolute Gasteiger partial charge is 0.497 e. The standard InChI is InChI=1S/C12H10N2O2/c1-7-10(6-13)12(15)9-5-8(16-2)3-4-11(9)14-7/h3-5H,1-2H3,(H,14,15). The summed E-state index contributed by atoms with van der Waals surface area (Å²) < 4.78 is 5.05. The monoisotopic (exact) mass is 214 g/mol. The molecule has 1 N–H and O–H groups in total. The summed E-state index contributed by atoms with van der Waals surface area (Å²) in [5.74, 6) is 0.603. The van der Waals surface area contributed by atoms with Crippen LogP contribution in [0.4, 0.5) is 0 Å². The molecule has 1 aromatic heterocycles. The number of hydrogen-bond acceptors (Lipinski definition) is 3. The molecular formula is C12H10N2O2. The van der Waals surface area contributed by atoms with Crippen LogP contribution < -0.4 is 10.2 Å². The molecular weight excluding hydrogens is 204 g/mol. The van der Waals surface area contributed by atoms with Gasteiger partial charge in [0, 0.05) is 11.2 Å². The Morgan fingerprint density at radius 3 is 2.81 bits per heavy atom. The Morgan fingerprint density at radius 1 is 1.44 bits per heavy atom. The van der Waals surface area contributed by atoms with E-state index in [1.54, 1.807) is 25.1 Å². The molecule has 0 spiro atoms. The summed E-state index contributed by atoms with van der Waals surface area (Å²) in [6.45, 7) is 1.71. The van der Waals surface area contributed by atoms with Gasteiger partial charge in [-0.15, -0.1) is 0 Å². The fraction of sp³-hybridized carbons (Fsp3) is 0.167. The minimum atomic E-state index is -0.257. The lowest BCUT2D eigenvalue weighted by molar-refractivity contribution is 0.415. The fourth-order valence-corrected chi connectivity index (χ4v) is 1.65. The van der Waals surface area contributed by atoms with Crippen molar-refractivity contribution in [1.29, 1.82) is 5.26 Å². The van der Waals surface area contributed by atoms with Crippen LogP contribution in [0.3, 0.4) is 0 Å². The van der Waals surface area contributed by atoms with Crippen LogP contribution in [0.2, 0.25) is 0 Å². The normalized spacial score (nSPS) is 10.1. The lowest BCUT2D eigenvalue weighted by Gasteiger charge is -2.04. The molecule has 0 unspecified atom stereocenters. The van der Waals surface area contributed by atoms with Crippen LogP contribution in [-0.4, -0.2) is 12.1 Å². The van der Waals surface area contributed by atoms with Gasteiger partial charge in [-0.05, 0) is 25.1 Å². The fourth-order valence-electron chi connectivity index (χ4n) is 1.65. The third-order valence-electron chi connectivity index (χ3n) is 2.51. The highest BCUT2D eigenvalue weighted by Crippen LogP contribution is 2.17. The number of methoxy groups -OCH3 is 1. The molecule has 80 valence electrons. The van der Waals surface area contributed by atoms with Crippen LogP contribution in [0.1, 0.15) is 11.3 Å². The van der Waals surface area contributed by atoms with E-state index < -0.39 is 0 Å². The quantitative estimate of drug-likeness (QED) is 0.785. The molecule has 0 radical (unpaired) electrons. The maximum Gasteiger partial charge on any atom is 0.207 e. The van der Waals surface area contributed by atoms with E-state index in [0.717, 1.165) is 0 Å². The number of aromatic amines is 1. The highest BCUT2D eigenvalue weighted by Gasteiger charge is 2.09. The molecule has 0 bridgehead atoms. The first-order chi connectivity index (χ1) is 7.67. The number of benzene rings is 1. The van der Waals surface area contributed by atoms with Crippen LogP contribution in [0, 0.1) is 18.3 Å². The van der Waals surface area contributed by atoms with Crippen LogP contribution in [0.25, 0.3) is 10.9 Å². The predicted molar refractivity (Wildman–Crippen MR) is 60.6 cm³/mol. The predicted octanol–water partition coefficient (Wildman–Crippen LogP) is 1.72. The van der Waals surface area contributed by atoms with Crippen molar-refractivity contribution in [2.24, 2.45) is 0 Å². The first kappa shape index (κ1) is 10.2. The Hall–Kier alpha value is -2.28. The molecule has 0 aliphatic rings. The Labute approximate surface area is 92.1 Å². The van der Waals surface area contributed by atoms with Crippen molar-refractivity contribution in [2.45, 2.75) is 6.92 Å². The summed E-state index contributed by atoms with van der Waals surface area (Å²) in [7, 11) is 1.54. The molecule has 0 saturated carbocycles. The van der Waals surface area contributed by atoms with E-state index in [1.807, 2.05) is 6.07 Å². The number of nitrogens with zero attached hydrogens (tertiary/aromatic N) is 1. The SMILES string of the molecule is COc1ccc2[nH]c(C)c(C#N)c(=O)c2c1. The number of ether oxygens (including phenoxy) is 1. The number of nitriles is 1. The van der Waals surface area contributed by atoms with E-state index in [2.05, 4.69) is 4.98 Å². The number of H-pyrrole nitrogens is 1. The third kappa shape index (κ3) is 1.43. The number of pyridine rings is 1. The van der Waals surface area contributed by atoms with E-state index in [9.17, 15) is 4.79 Å². The van der Waals surface area contributed by atoms with Gasteiger partial charge in [0.2, 0.25) is 5.43 Å². The van der Waals surface area contributed by atoms with Gasteiger partial charge < -0.3 is 9.72 Å². The maximum absolute atomic E-state index is 12.0. The topological polar surface area (TPSA) is 65.9 Å². The minimum absolute atomic E-state index is 0.153. The first-order valence-corrected chi connectivity index (χ1v) is 4.78. The van der Waals surface area contributed by atoms with Crippen molar-refractivity contribution < 1.29 is 4.74 Å². The van der Waals surface area contributed by atoms with Gasteiger partial charge in [-0.25, -0.2) is 0 Å². The zero-order valence-corrected chi connectivity index (χ0v) is 9.00. The highest BCUT2D eigenvalue weighted by molar-refractivity contribution is 5.81. The zero-order valence-electron chi connectivity index (χ0n) is 9.00. The summed E-state index contributed by atoms with van der Waals surface area (Å²) in [6.07, 6.45) is 0. The minimum Gasteiger partial charge on any atom is -0.497 e. The van der Waals surface area contributed by atoms with E-state index in [0.29, 0.717) is 22.3 Å². The van der Waals surface area contributed by atoms with Crippen molar-refractivity contribution >= 4 is 10.9 Å². The smallest absolute Gasteiger partial charge is 0.207 e. The number of hydrogen-bond donors (Lipinski definition) is 1. The molecule has 0 fully saturated rings. The molecule has 2 aromatic rings. The summed E-state index contributed by atoms with van der Waals surface area (Å²) in [5, 5.41) is 9.36. The van der Waals surface area contributed by atoms with Gasteiger partial charge in [0.15, 0.2) is 0 Å². The van der Waals surface area contributed by atoms with E-state index in [4.69, 9.17) is 10.00 Å². The van der Waals surface area contributed by atoms with Crippen molar-refractivity contribution in [3.63, 3.8) is 0 Å². The van der Waals surface area contributed by atoms with Crippen molar-refractivity contribution in [2.75, 3.05) is 7.11 Å².